The predicted molar refractivity (Wildman–Crippen MR) is 87.2 cm³/mol. The van der Waals surface area contributed by atoms with E-state index in [1.54, 1.807) is 0 Å². The number of hydrogen-bond acceptors (Lipinski definition) is 2. The van der Waals surface area contributed by atoms with Gasteiger partial charge in [0, 0.05) is 12.0 Å². The van der Waals surface area contributed by atoms with Crippen molar-refractivity contribution >= 4 is 15.9 Å². The first-order valence-electron chi connectivity index (χ1n) is 7.84. The SMILES string of the molecule is CC(C)n1c(CBr)nnc1C1CCC(C(C)(C)C)CC1. The van der Waals surface area contributed by atoms with Crippen LogP contribution >= 0.6 is 15.9 Å². The Morgan fingerprint density at radius 2 is 1.75 bits per heavy atom. The number of aromatic nitrogens is 3. The first-order chi connectivity index (χ1) is 9.34. The van der Waals surface area contributed by atoms with Crippen molar-refractivity contribution in [1.82, 2.24) is 14.8 Å². The van der Waals surface area contributed by atoms with Crippen LogP contribution in [0.2, 0.25) is 0 Å². The largest absolute Gasteiger partial charge is 0.311 e. The smallest absolute Gasteiger partial charge is 0.143 e. The van der Waals surface area contributed by atoms with Gasteiger partial charge in [-0.25, -0.2) is 0 Å². The molecule has 1 aromatic heterocycles. The highest BCUT2D eigenvalue weighted by atomic mass is 79.9. The molecule has 1 saturated carbocycles. The van der Waals surface area contributed by atoms with Crippen LogP contribution in [0.4, 0.5) is 0 Å². The maximum absolute atomic E-state index is 4.50. The number of nitrogens with zero attached hydrogens (tertiary/aromatic N) is 3. The van der Waals surface area contributed by atoms with E-state index < -0.39 is 0 Å². The summed E-state index contributed by atoms with van der Waals surface area (Å²) in [5, 5.41) is 9.65. The monoisotopic (exact) mass is 341 g/mol. The molecule has 114 valence electrons. The van der Waals surface area contributed by atoms with Gasteiger partial charge in [0.2, 0.25) is 0 Å². The van der Waals surface area contributed by atoms with Crippen molar-refractivity contribution in [3.05, 3.63) is 11.6 Å². The second-order valence-corrected chi connectivity index (χ2v) is 8.05. The molecular weight excluding hydrogens is 314 g/mol. The van der Waals surface area contributed by atoms with Crippen molar-refractivity contribution in [3.8, 4) is 0 Å². The maximum atomic E-state index is 4.50. The van der Waals surface area contributed by atoms with Crippen LogP contribution in [0.1, 0.15) is 83.9 Å². The molecule has 1 aliphatic carbocycles. The van der Waals surface area contributed by atoms with Gasteiger partial charge in [0.05, 0.1) is 5.33 Å². The molecule has 1 aliphatic rings. The fourth-order valence-electron chi connectivity index (χ4n) is 3.49. The average molecular weight is 342 g/mol. The molecule has 20 heavy (non-hydrogen) atoms. The van der Waals surface area contributed by atoms with Crippen molar-refractivity contribution in [3.63, 3.8) is 0 Å². The number of hydrogen-bond donors (Lipinski definition) is 0. The van der Waals surface area contributed by atoms with Crippen LogP contribution in [0.5, 0.6) is 0 Å². The summed E-state index contributed by atoms with van der Waals surface area (Å²) in [6, 6.07) is 0.438. The van der Waals surface area contributed by atoms with Gasteiger partial charge in [0.1, 0.15) is 11.6 Å². The second kappa shape index (κ2) is 6.17. The minimum absolute atomic E-state index is 0.438. The molecule has 3 nitrogen and oxygen atoms in total. The van der Waals surface area contributed by atoms with Gasteiger partial charge in [0.15, 0.2) is 0 Å². The Kier molecular flexibility index (Phi) is 4.93. The maximum Gasteiger partial charge on any atom is 0.143 e. The summed E-state index contributed by atoms with van der Waals surface area (Å²) in [4.78, 5) is 0. The minimum Gasteiger partial charge on any atom is -0.311 e. The lowest BCUT2D eigenvalue weighted by atomic mass is 9.69. The van der Waals surface area contributed by atoms with Crippen molar-refractivity contribution in [2.75, 3.05) is 0 Å². The Bertz CT molecular complexity index is 437. The van der Waals surface area contributed by atoms with E-state index in [4.69, 9.17) is 0 Å². The highest BCUT2D eigenvalue weighted by Gasteiger charge is 2.32. The minimum atomic E-state index is 0.438. The molecule has 0 atom stereocenters. The van der Waals surface area contributed by atoms with E-state index in [2.05, 4.69) is 65.3 Å². The molecule has 0 aliphatic heterocycles. The quantitative estimate of drug-likeness (QED) is 0.718. The average Bonchev–Trinajstić information content (AvgIpc) is 2.81. The highest BCUT2D eigenvalue weighted by Crippen LogP contribution is 2.43. The van der Waals surface area contributed by atoms with Gasteiger partial charge in [0.25, 0.3) is 0 Å². The molecule has 1 fully saturated rings. The van der Waals surface area contributed by atoms with Crippen molar-refractivity contribution < 1.29 is 0 Å². The number of halogens is 1. The van der Waals surface area contributed by atoms with Crippen LogP contribution in [-0.4, -0.2) is 14.8 Å². The molecule has 0 unspecified atom stereocenters. The molecule has 0 saturated heterocycles. The Hall–Kier alpha value is -0.380. The topological polar surface area (TPSA) is 30.7 Å². The van der Waals surface area contributed by atoms with E-state index in [0.29, 0.717) is 17.4 Å². The van der Waals surface area contributed by atoms with Crippen LogP contribution in [0.25, 0.3) is 0 Å². The lowest BCUT2D eigenvalue weighted by molar-refractivity contribution is 0.165. The molecule has 0 N–H and O–H groups in total. The van der Waals surface area contributed by atoms with Crippen molar-refractivity contribution in [2.45, 2.75) is 77.6 Å². The summed E-state index contributed by atoms with van der Waals surface area (Å²) >= 11 is 3.53. The van der Waals surface area contributed by atoms with E-state index in [-0.39, 0.29) is 0 Å². The Balaban J connectivity index is 2.13. The third-order valence-corrected chi connectivity index (χ3v) is 5.25. The molecular formula is C16H28BrN3. The standard InChI is InChI=1S/C16H28BrN3/c1-11(2)20-14(10-17)18-19-15(20)12-6-8-13(9-7-12)16(3,4)5/h11-13H,6-10H2,1-5H3. The zero-order valence-corrected chi connectivity index (χ0v) is 15.1. The summed E-state index contributed by atoms with van der Waals surface area (Å²) in [7, 11) is 0. The van der Waals surface area contributed by atoms with Gasteiger partial charge in [-0.1, -0.05) is 36.7 Å². The van der Waals surface area contributed by atoms with Gasteiger partial charge in [-0.3, -0.25) is 0 Å². The highest BCUT2D eigenvalue weighted by molar-refractivity contribution is 9.08. The molecule has 0 aromatic carbocycles. The molecule has 0 bridgehead atoms. The Morgan fingerprint density at radius 3 is 2.20 bits per heavy atom. The molecule has 1 heterocycles. The van der Waals surface area contributed by atoms with Gasteiger partial charge in [-0.05, 0) is 50.9 Å². The van der Waals surface area contributed by atoms with Gasteiger partial charge >= 0.3 is 0 Å². The summed E-state index contributed by atoms with van der Waals surface area (Å²) in [6.07, 6.45) is 5.16. The summed E-state index contributed by atoms with van der Waals surface area (Å²) in [5.74, 6) is 3.72. The van der Waals surface area contributed by atoms with Crippen molar-refractivity contribution in [1.29, 1.82) is 0 Å². The summed E-state index contributed by atoms with van der Waals surface area (Å²) < 4.78 is 2.33. The third-order valence-electron chi connectivity index (χ3n) is 4.75. The zero-order valence-electron chi connectivity index (χ0n) is 13.5. The van der Waals surface area contributed by atoms with Crippen LogP contribution in [0, 0.1) is 11.3 Å². The normalized spacial score (nSPS) is 24.4. The second-order valence-electron chi connectivity index (χ2n) is 7.49. The van der Waals surface area contributed by atoms with E-state index in [0.717, 1.165) is 17.1 Å². The van der Waals surface area contributed by atoms with Gasteiger partial charge < -0.3 is 4.57 Å². The van der Waals surface area contributed by atoms with Gasteiger partial charge in [-0.2, -0.15) is 0 Å². The molecule has 0 amide bonds. The lowest BCUT2D eigenvalue weighted by Gasteiger charge is -2.36. The fourth-order valence-corrected chi connectivity index (χ4v) is 3.87. The van der Waals surface area contributed by atoms with Crippen molar-refractivity contribution in [2.24, 2.45) is 11.3 Å². The van der Waals surface area contributed by atoms with Crippen LogP contribution in [-0.2, 0) is 5.33 Å². The Labute approximate surface area is 131 Å². The number of alkyl halides is 1. The van der Waals surface area contributed by atoms with E-state index >= 15 is 0 Å². The van der Waals surface area contributed by atoms with Gasteiger partial charge in [-0.15, -0.1) is 10.2 Å². The van der Waals surface area contributed by atoms with E-state index in [1.165, 1.54) is 31.5 Å². The van der Waals surface area contributed by atoms with Crippen LogP contribution < -0.4 is 0 Å². The summed E-state index contributed by atoms with van der Waals surface area (Å²) in [5.41, 5.74) is 0.442. The first-order valence-corrected chi connectivity index (χ1v) is 8.96. The molecule has 0 spiro atoms. The molecule has 0 radical (unpaired) electrons. The number of rotatable bonds is 3. The Morgan fingerprint density at radius 1 is 1.15 bits per heavy atom. The summed E-state index contributed by atoms with van der Waals surface area (Å²) in [6.45, 7) is 11.6. The first kappa shape index (κ1) is 16.0. The zero-order chi connectivity index (χ0) is 14.9. The fraction of sp³-hybridized carbons (Fsp3) is 0.875. The van der Waals surface area contributed by atoms with E-state index in [1.807, 2.05) is 0 Å². The van der Waals surface area contributed by atoms with Crippen LogP contribution in [0.3, 0.4) is 0 Å². The third kappa shape index (κ3) is 3.26. The lowest BCUT2D eigenvalue weighted by Crippen LogP contribution is -2.26. The van der Waals surface area contributed by atoms with E-state index in [9.17, 15) is 0 Å². The molecule has 1 aromatic rings. The molecule has 2 rings (SSSR count). The predicted octanol–water partition coefficient (Wildman–Crippen LogP) is 5.07. The van der Waals surface area contributed by atoms with Crippen LogP contribution in [0.15, 0.2) is 0 Å². The molecule has 4 heteroatoms.